The van der Waals surface area contributed by atoms with Gasteiger partial charge in [-0.1, -0.05) is 11.6 Å². The molecule has 0 radical (unpaired) electrons. The SMILES string of the molecule is CNC(c1cscc1C)c1cc2c(cc1Cl)OCCCO2. The molecule has 0 aliphatic carbocycles. The summed E-state index contributed by atoms with van der Waals surface area (Å²) in [6, 6.07) is 3.92. The number of rotatable bonds is 3. The first-order valence-corrected chi connectivity index (χ1v) is 8.31. The first-order chi connectivity index (χ1) is 10.2. The lowest BCUT2D eigenvalue weighted by Crippen LogP contribution is -2.18. The molecular weight excluding hydrogens is 306 g/mol. The Hall–Kier alpha value is -1.23. The molecule has 1 aromatic carbocycles. The van der Waals surface area contributed by atoms with Crippen LogP contribution in [0.1, 0.15) is 29.2 Å². The Kier molecular flexibility index (Phi) is 4.38. The quantitative estimate of drug-likeness (QED) is 0.919. The molecule has 0 saturated heterocycles. The summed E-state index contributed by atoms with van der Waals surface area (Å²) < 4.78 is 11.5. The molecule has 3 nitrogen and oxygen atoms in total. The molecule has 3 rings (SSSR count). The molecular formula is C16H18ClNO2S. The van der Waals surface area contributed by atoms with E-state index in [0.29, 0.717) is 18.2 Å². The van der Waals surface area contributed by atoms with Crippen LogP contribution < -0.4 is 14.8 Å². The summed E-state index contributed by atoms with van der Waals surface area (Å²) >= 11 is 8.19. The molecule has 1 unspecified atom stereocenters. The van der Waals surface area contributed by atoms with E-state index in [0.717, 1.165) is 23.5 Å². The number of benzene rings is 1. The lowest BCUT2D eigenvalue weighted by atomic mass is 9.98. The minimum Gasteiger partial charge on any atom is -0.490 e. The maximum Gasteiger partial charge on any atom is 0.162 e. The highest BCUT2D eigenvalue weighted by atomic mass is 35.5. The summed E-state index contributed by atoms with van der Waals surface area (Å²) in [5.74, 6) is 1.51. The topological polar surface area (TPSA) is 30.5 Å². The Morgan fingerprint density at radius 3 is 2.48 bits per heavy atom. The molecule has 21 heavy (non-hydrogen) atoms. The minimum absolute atomic E-state index is 0.0564. The molecule has 1 aliphatic rings. The summed E-state index contributed by atoms with van der Waals surface area (Å²) in [5, 5.41) is 8.36. The van der Waals surface area contributed by atoms with Gasteiger partial charge in [0.1, 0.15) is 0 Å². The van der Waals surface area contributed by atoms with Crippen LogP contribution in [0.5, 0.6) is 11.5 Å². The second-order valence-electron chi connectivity index (χ2n) is 5.10. The van der Waals surface area contributed by atoms with Gasteiger partial charge in [0, 0.05) is 17.5 Å². The molecule has 1 atom stereocenters. The van der Waals surface area contributed by atoms with E-state index in [1.807, 2.05) is 19.2 Å². The number of nitrogens with one attached hydrogen (secondary N) is 1. The Balaban J connectivity index is 2.04. The number of aryl methyl sites for hydroxylation is 1. The largest absolute Gasteiger partial charge is 0.490 e. The van der Waals surface area contributed by atoms with Crippen LogP contribution in [0.4, 0.5) is 0 Å². The number of thiophene rings is 1. The van der Waals surface area contributed by atoms with Gasteiger partial charge in [-0.3, -0.25) is 0 Å². The summed E-state index contributed by atoms with van der Waals surface area (Å²) in [7, 11) is 1.95. The van der Waals surface area contributed by atoms with Crippen molar-refractivity contribution in [2.45, 2.75) is 19.4 Å². The van der Waals surface area contributed by atoms with Gasteiger partial charge in [0.2, 0.25) is 0 Å². The number of hydrogen-bond donors (Lipinski definition) is 1. The second-order valence-corrected chi connectivity index (χ2v) is 6.25. The van der Waals surface area contributed by atoms with Crippen LogP contribution in [0.2, 0.25) is 5.02 Å². The summed E-state index contributed by atoms with van der Waals surface area (Å²) in [4.78, 5) is 0. The van der Waals surface area contributed by atoms with Gasteiger partial charge in [-0.25, -0.2) is 0 Å². The predicted octanol–water partition coefficient (Wildman–Crippen LogP) is 4.18. The van der Waals surface area contributed by atoms with Crippen molar-refractivity contribution >= 4 is 22.9 Å². The monoisotopic (exact) mass is 323 g/mol. The van der Waals surface area contributed by atoms with E-state index in [-0.39, 0.29) is 6.04 Å². The predicted molar refractivity (Wildman–Crippen MR) is 87.0 cm³/mol. The molecule has 1 N–H and O–H groups in total. The van der Waals surface area contributed by atoms with Crippen LogP contribution in [0.15, 0.2) is 22.9 Å². The summed E-state index contributed by atoms with van der Waals surface area (Å²) in [5.41, 5.74) is 3.53. The van der Waals surface area contributed by atoms with E-state index in [1.54, 1.807) is 11.3 Å². The summed E-state index contributed by atoms with van der Waals surface area (Å²) in [6.07, 6.45) is 0.890. The lowest BCUT2D eigenvalue weighted by molar-refractivity contribution is 0.297. The van der Waals surface area contributed by atoms with E-state index in [1.165, 1.54) is 11.1 Å². The minimum atomic E-state index is 0.0564. The molecule has 2 aromatic rings. The Bertz CT molecular complexity index is 641. The van der Waals surface area contributed by atoms with E-state index < -0.39 is 0 Å². The highest BCUT2D eigenvalue weighted by Crippen LogP contribution is 2.39. The fraction of sp³-hybridized carbons (Fsp3) is 0.375. The smallest absolute Gasteiger partial charge is 0.162 e. The molecule has 0 fully saturated rings. The van der Waals surface area contributed by atoms with Gasteiger partial charge >= 0.3 is 0 Å². The maximum absolute atomic E-state index is 6.49. The van der Waals surface area contributed by atoms with Crippen molar-refractivity contribution in [3.63, 3.8) is 0 Å². The van der Waals surface area contributed by atoms with E-state index in [4.69, 9.17) is 21.1 Å². The van der Waals surface area contributed by atoms with Crippen molar-refractivity contribution in [3.8, 4) is 11.5 Å². The average Bonchev–Trinajstić information content (AvgIpc) is 2.76. The Labute approximate surface area is 133 Å². The van der Waals surface area contributed by atoms with Crippen molar-refractivity contribution in [2.24, 2.45) is 0 Å². The third kappa shape index (κ3) is 2.89. The van der Waals surface area contributed by atoms with Crippen LogP contribution in [-0.2, 0) is 0 Å². The van der Waals surface area contributed by atoms with Gasteiger partial charge in [-0.15, -0.1) is 0 Å². The number of halogens is 1. The van der Waals surface area contributed by atoms with Gasteiger partial charge in [0.05, 0.1) is 19.3 Å². The Morgan fingerprint density at radius 2 is 1.86 bits per heavy atom. The third-order valence-corrected chi connectivity index (χ3v) is 4.88. The Morgan fingerprint density at radius 1 is 1.14 bits per heavy atom. The van der Waals surface area contributed by atoms with Crippen LogP contribution in [-0.4, -0.2) is 20.3 Å². The van der Waals surface area contributed by atoms with Gasteiger partial charge in [-0.05, 0) is 47.5 Å². The fourth-order valence-corrected chi connectivity index (χ4v) is 3.71. The molecule has 1 aliphatic heterocycles. The summed E-state index contributed by atoms with van der Waals surface area (Å²) in [6.45, 7) is 3.46. The van der Waals surface area contributed by atoms with Gasteiger partial charge in [0.25, 0.3) is 0 Å². The molecule has 2 heterocycles. The first-order valence-electron chi connectivity index (χ1n) is 6.99. The molecule has 0 bridgehead atoms. The third-order valence-electron chi connectivity index (χ3n) is 3.67. The maximum atomic E-state index is 6.49. The number of ether oxygens (including phenoxy) is 2. The second kappa shape index (κ2) is 6.26. The van der Waals surface area contributed by atoms with Gasteiger partial charge < -0.3 is 14.8 Å². The zero-order valence-corrected chi connectivity index (χ0v) is 13.7. The standard InChI is InChI=1S/C16H18ClNO2S/c1-10-8-21-9-12(10)16(18-2)11-6-14-15(7-13(11)17)20-5-3-4-19-14/h6-9,16,18H,3-5H2,1-2H3. The molecule has 1 aromatic heterocycles. The number of hydrogen-bond acceptors (Lipinski definition) is 4. The van der Waals surface area contributed by atoms with Crippen molar-refractivity contribution < 1.29 is 9.47 Å². The highest BCUT2D eigenvalue weighted by molar-refractivity contribution is 7.08. The van der Waals surface area contributed by atoms with Gasteiger partial charge in [0.15, 0.2) is 11.5 Å². The molecule has 0 spiro atoms. The highest BCUT2D eigenvalue weighted by Gasteiger charge is 2.21. The van der Waals surface area contributed by atoms with E-state index >= 15 is 0 Å². The van der Waals surface area contributed by atoms with Crippen molar-refractivity contribution in [3.05, 3.63) is 44.6 Å². The molecule has 5 heteroatoms. The van der Waals surface area contributed by atoms with E-state index in [2.05, 4.69) is 23.0 Å². The fourth-order valence-electron chi connectivity index (χ4n) is 2.57. The molecule has 0 saturated carbocycles. The average molecular weight is 324 g/mol. The van der Waals surface area contributed by atoms with Crippen molar-refractivity contribution in [1.29, 1.82) is 0 Å². The van der Waals surface area contributed by atoms with Gasteiger partial charge in [-0.2, -0.15) is 11.3 Å². The molecule has 0 amide bonds. The van der Waals surface area contributed by atoms with Crippen LogP contribution in [0.25, 0.3) is 0 Å². The first kappa shape index (κ1) is 14.7. The molecule has 112 valence electrons. The van der Waals surface area contributed by atoms with Crippen LogP contribution in [0, 0.1) is 6.92 Å². The normalized spacial score (nSPS) is 15.6. The van der Waals surface area contributed by atoms with Crippen molar-refractivity contribution in [1.82, 2.24) is 5.32 Å². The van der Waals surface area contributed by atoms with Crippen LogP contribution >= 0.6 is 22.9 Å². The van der Waals surface area contributed by atoms with Crippen molar-refractivity contribution in [2.75, 3.05) is 20.3 Å². The van der Waals surface area contributed by atoms with E-state index in [9.17, 15) is 0 Å². The number of fused-ring (bicyclic) bond motifs is 1. The lowest BCUT2D eigenvalue weighted by Gasteiger charge is -2.20. The zero-order valence-electron chi connectivity index (χ0n) is 12.1. The zero-order chi connectivity index (χ0) is 14.8. The van der Waals surface area contributed by atoms with Crippen LogP contribution in [0.3, 0.4) is 0 Å².